The third-order valence-corrected chi connectivity index (χ3v) is 3.94. The molecule has 0 bridgehead atoms. The molecule has 0 radical (unpaired) electrons. The zero-order valence-electron chi connectivity index (χ0n) is 11.1. The maximum Gasteiger partial charge on any atom is 0.365 e. The van der Waals surface area contributed by atoms with Gasteiger partial charge < -0.3 is 5.11 Å². The van der Waals surface area contributed by atoms with Crippen molar-refractivity contribution in [2.45, 2.75) is 43.1 Å². The molecule has 0 aliphatic heterocycles. The second kappa shape index (κ2) is 6.11. The maximum atomic E-state index is 13.6. The number of aliphatic hydroxyl groups is 1. The number of alkyl halides is 3. The molecular formula is C16H17ClF2O. The van der Waals surface area contributed by atoms with E-state index in [2.05, 4.69) is 11.8 Å². The van der Waals surface area contributed by atoms with Crippen molar-refractivity contribution in [2.75, 3.05) is 0 Å². The fourth-order valence-corrected chi connectivity index (χ4v) is 2.60. The third kappa shape index (κ3) is 3.31. The van der Waals surface area contributed by atoms with Crippen LogP contribution in [0.5, 0.6) is 0 Å². The summed E-state index contributed by atoms with van der Waals surface area (Å²) in [6.07, 6.45) is 5.06. The van der Waals surface area contributed by atoms with Crippen LogP contribution >= 0.6 is 11.6 Å². The van der Waals surface area contributed by atoms with Crippen LogP contribution in [-0.4, -0.2) is 10.5 Å². The molecule has 1 fully saturated rings. The van der Waals surface area contributed by atoms with E-state index >= 15 is 0 Å². The lowest BCUT2D eigenvalue weighted by Crippen LogP contribution is -2.40. The van der Waals surface area contributed by atoms with Crippen molar-refractivity contribution in [1.82, 2.24) is 0 Å². The van der Waals surface area contributed by atoms with E-state index in [-0.39, 0.29) is 11.5 Å². The topological polar surface area (TPSA) is 20.2 Å². The first-order valence-corrected chi connectivity index (χ1v) is 7.18. The number of hydrogen-bond donors (Lipinski definition) is 1. The van der Waals surface area contributed by atoms with Gasteiger partial charge in [0.2, 0.25) is 5.60 Å². The van der Waals surface area contributed by atoms with Gasteiger partial charge in [-0.05, 0) is 24.4 Å². The molecule has 1 saturated carbocycles. The van der Waals surface area contributed by atoms with Crippen LogP contribution in [0.4, 0.5) is 8.78 Å². The Morgan fingerprint density at radius 2 is 1.70 bits per heavy atom. The Kier molecular flexibility index (Phi) is 4.67. The van der Waals surface area contributed by atoms with E-state index in [1.807, 2.05) is 0 Å². The monoisotopic (exact) mass is 298 g/mol. The second-order valence-electron chi connectivity index (χ2n) is 5.18. The van der Waals surface area contributed by atoms with E-state index < -0.39 is 11.0 Å². The minimum Gasteiger partial charge on any atom is -0.367 e. The van der Waals surface area contributed by atoms with Gasteiger partial charge in [-0.25, -0.2) is 0 Å². The standard InChI is InChI=1S/C16H17ClF2O/c17-16(18,19)15(20,14-9-5-2-6-10-14)12-11-13-7-3-1-4-8-13/h2,5-6,9-10,13,20H,1,3-4,7-8H2. The molecule has 1 N–H and O–H groups in total. The van der Waals surface area contributed by atoms with Gasteiger partial charge in [0.1, 0.15) is 0 Å². The van der Waals surface area contributed by atoms with Crippen LogP contribution in [-0.2, 0) is 5.60 Å². The highest BCUT2D eigenvalue weighted by atomic mass is 35.5. The normalized spacial score (nSPS) is 19.8. The molecule has 1 nitrogen and oxygen atoms in total. The molecule has 1 atom stereocenters. The first kappa shape index (κ1) is 15.3. The Bertz CT molecular complexity index is 495. The molecule has 0 heterocycles. The molecule has 4 heteroatoms. The average molecular weight is 299 g/mol. The van der Waals surface area contributed by atoms with Crippen molar-refractivity contribution >= 4 is 11.6 Å². The van der Waals surface area contributed by atoms with Gasteiger partial charge in [0.25, 0.3) is 0 Å². The van der Waals surface area contributed by atoms with Gasteiger partial charge in [-0.15, -0.1) is 0 Å². The molecule has 108 valence electrons. The summed E-state index contributed by atoms with van der Waals surface area (Å²) in [6, 6.07) is 7.65. The average Bonchev–Trinajstić information content (AvgIpc) is 2.45. The van der Waals surface area contributed by atoms with Crippen LogP contribution in [0.15, 0.2) is 30.3 Å². The fraction of sp³-hybridized carbons (Fsp3) is 0.500. The number of halogens is 3. The van der Waals surface area contributed by atoms with Gasteiger partial charge in [-0.2, -0.15) is 8.78 Å². The third-order valence-electron chi connectivity index (χ3n) is 3.66. The Labute approximate surface area is 123 Å². The molecule has 1 aliphatic carbocycles. The minimum absolute atomic E-state index is 0.0170. The van der Waals surface area contributed by atoms with Gasteiger partial charge in [-0.3, -0.25) is 0 Å². The van der Waals surface area contributed by atoms with Crippen LogP contribution < -0.4 is 0 Å². The predicted octanol–water partition coefficient (Wildman–Crippen LogP) is 4.29. The highest BCUT2D eigenvalue weighted by molar-refractivity contribution is 6.22. The Hall–Kier alpha value is -1.11. The molecule has 0 saturated heterocycles. The lowest BCUT2D eigenvalue weighted by molar-refractivity contribution is -0.0926. The number of rotatable bonds is 2. The molecule has 0 amide bonds. The fourth-order valence-electron chi connectivity index (χ4n) is 2.44. The number of hydrogen-bond acceptors (Lipinski definition) is 1. The van der Waals surface area contributed by atoms with Crippen molar-refractivity contribution < 1.29 is 13.9 Å². The van der Waals surface area contributed by atoms with E-state index in [1.165, 1.54) is 12.1 Å². The van der Waals surface area contributed by atoms with Crippen LogP contribution in [0.1, 0.15) is 37.7 Å². The predicted molar refractivity (Wildman–Crippen MR) is 75.5 cm³/mol. The Balaban J connectivity index is 2.31. The molecule has 0 aromatic heterocycles. The maximum absolute atomic E-state index is 13.6. The van der Waals surface area contributed by atoms with Crippen LogP contribution in [0.25, 0.3) is 0 Å². The van der Waals surface area contributed by atoms with Crippen LogP contribution in [0.3, 0.4) is 0 Å². The van der Waals surface area contributed by atoms with E-state index in [0.29, 0.717) is 0 Å². The van der Waals surface area contributed by atoms with Crippen molar-refractivity contribution in [1.29, 1.82) is 0 Å². The van der Waals surface area contributed by atoms with Gasteiger partial charge in [0, 0.05) is 11.5 Å². The lowest BCUT2D eigenvalue weighted by atomic mass is 9.88. The molecule has 20 heavy (non-hydrogen) atoms. The van der Waals surface area contributed by atoms with Crippen molar-refractivity contribution in [3.8, 4) is 11.8 Å². The van der Waals surface area contributed by atoms with E-state index in [0.717, 1.165) is 32.1 Å². The van der Waals surface area contributed by atoms with Crippen molar-refractivity contribution in [3.05, 3.63) is 35.9 Å². The highest BCUT2D eigenvalue weighted by Crippen LogP contribution is 2.40. The summed E-state index contributed by atoms with van der Waals surface area (Å²) in [5.74, 6) is 5.22. The summed E-state index contributed by atoms with van der Waals surface area (Å²) >= 11 is 5.11. The van der Waals surface area contributed by atoms with Gasteiger partial charge in [0.05, 0.1) is 0 Å². The van der Waals surface area contributed by atoms with E-state index in [9.17, 15) is 13.9 Å². The van der Waals surface area contributed by atoms with Gasteiger partial charge in [-0.1, -0.05) is 61.4 Å². The molecule has 1 aliphatic rings. The summed E-state index contributed by atoms with van der Waals surface area (Å²) in [5.41, 5.74) is -2.63. The zero-order valence-corrected chi connectivity index (χ0v) is 11.8. The first-order valence-electron chi connectivity index (χ1n) is 6.81. The Morgan fingerprint density at radius 3 is 2.25 bits per heavy atom. The lowest BCUT2D eigenvalue weighted by Gasteiger charge is -2.27. The molecule has 1 unspecified atom stereocenters. The van der Waals surface area contributed by atoms with Crippen LogP contribution in [0.2, 0.25) is 0 Å². The van der Waals surface area contributed by atoms with Gasteiger partial charge >= 0.3 is 5.38 Å². The number of benzene rings is 1. The molecule has 2 rings (SSSR count). The van der Waals surface area contributed by atoms with E-state index in [4.69, 9.17) is 11.6 Å². The summed E-state index contributed by atoms with van der Waals surface area (Å²) < 4.78 is 27.2. The Morgan fingerprint density at radius 1 is 1.10 bits per heavy atom. The zero-order chi connectivity index (χ0) is 14.6. The molecule has 1 aromatic rings. The summed E-state index contributed by atoms with van der Waals surface area (Å²) in [7, 11) is 0. The second-order valence-corrected chi connectivity index (χ2v) is 5.65. The molecule has 0 spiro atoms. The quantitative estimate of drug-likeness (QED) is 0.638. The highest BCUT2D eigenvalue weighted by Gasteiger charge is 2.52. The minimum atomic E-state index is -3.84. The van der Waals surface area contributed by atoms with E-state index in [1.54, 1.807) is 18.2 Å². The molecular weight excluding hydrogens is 282 g/mol. The van der Waals surface area contributed by atoms with Crippen molar-refractivity contribution in [3.63, 3.8) is 0 Å². The van der Waals surface area contributed by atoms with Gasteiger partial charge in [0.15, 0.2) is 0 Å². The first-order chi connectivity index (χ1) is 9.43. The summed E-state index contributed by atoms with van der Waals surface area (Å²) in [4.78, 5) is 0. The smallest absolute Gasteiger partial charge is 0.365 e. The largest absolute Gasteiger partial charge is 0.367 e. The molecule has 1 aromatic carbocycles. The SMILES string of the molecule is OC(C#CC1CCCCC1)(c1ccccc1)C(F)(F)Cl. The summed E-state index contributed by atoms with van der Waals surface area (Å²) in [5, 5.41) is 6.46. The van der Waals surface area contributed by atoms with Crippen LogP contribution in [0, 0.1) is 17.8 Å². The van der Waals surface area contributed by atoms with Crippen molar-refractivity contribution in [2.24, 2.45) is 5.92 Å². The summed E-state index contributed by atoms with van der Waals surface area (Å²) in [6.45, 7) is 0.